The third-order valence-electron chi connectivity index (χ3n) is 3.37. The predicted octanol–water partition coefficient (Wildman–Crippen LogP) is 0.962. The number of ether oxygens (including phenoxy) is 1. The molecule has 21 heavy (non-hydrogen) atoms. The van der Waals surface area contributed by atoms with Crippen LogP contribution in [0.25, 0.3) is 0 Å². The zero-order valence-electron chi connectivity index (χ0n) is 11.6. The van der Waals surface area contributed by atoms with Crippen molar-refractivity contribution in [1.29, 1.82) is 0 Å². The molecule has 1 atom stereocenters. The molecule has 0 saturated carbocycles. The van der Waals surface area contributed by atoms with Gasteiger partial charge in [0.05, 0.1) is 0 Å². The third-order valence-corrected chi connectivity index (χ3v) is 3.37. The summed E-state index contributed by atoms with van der Waals surface area (Å²) in [4.78, 5) is 24.2. The van der Waals surface area contributed by atoms with E-state index in [0.29, 0.717) is 37.0 Å². The van der Waals surface area contributed by atoms with E-state index in [1.54, 1.807) is 29.2 Å². The second-order valence-corrected chi connectivity index (χ2v) is 4.97. The molecule has 0 spiro atoms. The van der Waals surface area contributed by atoms with Gasteiger partial charge >= 0.3 is 12.0 Å². The summed E-state index contributed by atoms with van der Waals surface area (Å²) in [5, 5.41) is 11.3. The van der Waals surface area contributed by atoms with Crippen molar-refractivity contribution in [3.63, 3.8) is 0 Å². The van der Waals surface area contributed by atoms with Gasteiger partial charge in [-0.1, -0.05) is 0 Å². The Morgan fingerprint density at radius 3 is 2.67 bits per heavy atom. The van der Waals surface area contributed by atoms with E-state index in [1.807, 2.05) is 0 Å². The molecule has 2 amide bonds. The minimum Gasteiger partial charge on any atom is -0.482 e. The normalized spacial score (nSPS) is 17.6. The Morgan fingerprint density at radius 1 is 1.38 bits per heavy atom. The molecule has 0 bridgehead atoms. The van der Waals surface area contributed by atoms with Gasteiger partial charge < -0.3 is 25.8 Å². The number of carboxylic acid groups (broad SMARTS) is 1. The van der Waals surface area contributed by atoms with Crippen molar-refractivity contribution in [2.24, 2.45) is 11.7 Å². The molecule has 114 valence electrons. The summed E-state index contributed by atoms with van der Waals surface area (Å²) in [6, 6.07) is 6.43. The molecule has 1 saturated heterocycles. The first kappa shape index (κ1) is 15.1. The number of amides is 2. The van der Waals surface area contributed by atoms with E-state index >= 15 is 0 Å². The number of rotatable bonds is 5. The maximum atomic E-state index is 12.0. The minimum atomic E-state index is -1.03. The van der Waals surface area contributed by atoms with Crippen LogP contribution >= 0.6 is 0 Å². The molecule has 4 N–H and O–H groups in total. The van der Waals surface area contributed by atoms with Gasteiger partial charge in [-0.25, -0.2) is 9.59 Å². The number of hydrogen-bond acceptors (Lipinski definition) is 4. The molecule has 1 unspecified atom stereocenters. The summed E-state index contributed by atoms with van der Waals surface area (Å²) in [6.45, 7) is 1.61. The van der Waals surface area contributed by atoms with Crippen LogP contribution in [0.1, 0.15) is 6.42 Å². The number of anilines is 1. The average Bonchev–Trinajstić information content (AvgIpc) is 2.95. The quantitative estimate of drug-likeness (QED) is 0.750. The van der Waals surface area contributed by atoms with Crippen molar-refractivity contribution in [1.82, 2.24) is 4.90 Å². The number of nitrogens with one attached hydrogen (secondary N) is 1. The lowest BCUT2D eigenvalue weighted by Gasteiger charge is -2.17. The molecule has 7 nitrogen and oxygen atoms in total. The Morgan fingerprint density at radius 2 is 2.10 bits per heavy atom. The van der Waals surface area contributed by atoms with Crippen molar-refractivity contribution < 1.29 is 19.4 Å². The van der Waals surface area contributed by atoms with Crippen LogP contribution in [0.5, 0.6) is 5.75 Å². The van der Waals surface area contributed by atoms with Crippen molar-refractivity contribution in [3.8, 4) is 5.75 Å². The second-order valence-electron chi connectivity index (χ2n) is 4.97. The Kier molecular flexibility index (Phi) is 4.99. The molecule has 1 aromatic rings. The summed E-state index contributed by atoms with van der Waals surface area (Å²) >= 11 is 0. The predicted molar refractivity (Wildman–Crippen MR) is 77.3 cm³/mol. The number of nitrogens with two attached hydrogens (primary N) is 1. The summed E-state index contributed by atoms with van der Waals surface area (Å²) in [7, 11) is 0. The van der Waals surface area contributed by atoms with E-state index in [1.165, 1.54) is 0 Å². The molecular formula is C14H19N3O4. The van der Waals surface area contributed by atoms with Gasteiger partial charge in [0.1, 0.15) is 5.75 Å². The number of benzene rings is 1. The second kappa shape index (κ2) is 6.94. The lowest BCUT2D eigenvalue weighted by Crippen LogP contribution is -2.33. The van der Waals surface area contributed by atoms with Gasteiger partial charge in [0.2, 0.25) is 0 Å². The largest absolute Gasteiger partial charge is 0.482 e. The maximum Gasteiger partial charge on any atom is 0.341 e. The molecule has 1 aliphatic heterocycles. The Labute approximate surface area is 122 Å². The first-order chi connectivity index (χ1) is 10.1. The average molecular weight is 293 g/mol. The van der Waals surface area contributed by atoms with Crippen LogP contribution in [-0.2, 0) is 4.79 Å². The number of carbonyl (C=O) groups is 2. The van der Waals surface area contributed by atoms with Gasteiger partial charge in [-0.2, -0.15) is 0 Å². The Bertz CT molecular complexity index is 503. The van der Waals surface area contributed by atoms with Crippen LogP contribution in [0.3, 0.4) is 0 Å². The molecule has 0 aromatic heterocycles. The highest BCUT2D eigenvalue weighted by Gasteiger charge is 2.25. The van der Waals surface area contributed by atoms with E-state index in [0.717, 1.165) is 6.42 Å². The molecule has 1 fully saturated rings. The fourth-order valence-corrected chi connectivity index (χ4v) is 2.19. The van der Waals surface area contributed by atoms with E-state index in [9.17, 15) is 9.59 Å². The minimum absolute atomic E-state index is 0.148. The molecule has 0 aliphatic carbocycles. The molecule has 7 heteroatoms. The highest BCUT2D eigenvalue weighted by molar-refractivity contribution is 5.89. The standard InChI is InChI=1S/C14H19N3O4/c15-7-10-5-6-17(8-10)14(20)16-11-1-3-12(4-2-11)21-9-13(18)19/h1-4,10H,5-9,15H2,(H,16,20)(H,18,19). The SMILES string of the molecule is NCC1CCN(C(=O)Nc2ccc(OCC(=O)O)cc2)C1. The topological polar surface area (TPSA) is 105 Å². The zero-order chi connectivity index (χ0) is 15.2. The number of aliphatic carboxylic acids is 1. The monoisotopic (exact) mass is 293 g/mol. The van der Waals surface area contributed by atoms with Crippen LogP contribution in [0.15, 0.2) is 24.3 Å². The van der Waals surface area contributed by atoms with E-state index in [4.69, 9.17) is 15.6 Å². The van der Waals surface area contributed by atoms with Crippen LogP contribution in [0.2, 0.25) is 0 Å². The van der Waals surface area contributed by atoms with Gasteiger partial charge in [-0.15, -0.1) is 0 Å². The molecule has 1 aromatic carbocycles. The van der Waals surface area contributed by atoms with Crippen molar-refractivity contribution in [2.45, 2.75) is 6.42 Å². The van der Waals surface area contributed by atoms with Gasteiger partial charge in [0.25, 0.3) is 0 Å². The van der Waals surface area contributed by atoms with Crippen LogP contribution in [0, 0.1) is 5.92 Å². The summed E-state index contributed by atoms with van der Waals surface area (Å²) in [5.74, 6) is -0.210. The van der Waals surface area contributed by atoms with Crippen molar-refractivity contribution in [3.05, 3.63) is 24.3 Å². The number of likely N-dealkylation sites (tertiary alicyclic amines) is 1. The molecular weight excluding hydrogens is 274 g/mol. The summed E-state index contributed by atoms with van der Waals surface area (Å²) < 4.78 is 5.02. The smallest absolute Gasteiger partial charge is 0.341 e. The molecule has 1 heterocycles. The van der Waals surface area contributed by atoms with Crippen molar-refractivity contribution >= 4 is 17.7 Å². The third kappa shape index (κ3) is 4.35. The first-order valence-corrected chi connectivity index (χ1v) is 6.79. The van der Waals surface area contributed by atoms with Gasteiger partial charge in [0, 0.05) is 18.8 Å². The number of carbonyl (C=O) groups excluding carboxylic acids is 1. The van der Waals surface area contributed by atoms with Gasteiger partial charge in [-0.05, 0) is 43.1 Å². The van der Waals surface area contributed by atoms with Crippen molar-refractivity contribution in [2.75, 3.05) is 31.6 Å². The van der Waals surface area contributed by atoms with Crippen LogP contribution in [-0.4, -0.2) is 48.2 Å². The first-order valence-electron chi connectivity index (χ1n) is 6.79. The number of nitrogens with zero attached hydrogens (tertiary/aromatic N) is 1. The molecule has 2 rings (SSSR count). The lowest BCUT2D eigenvalue weighted by atomic mass is 10.1. The Hall–Kier alpha value is -2.28. The highest BCUT2D eigenvalue weighted by atomic mass is 16.5. The van der Waals surface area contributed by atoms with Gasteiger partial charge in [0.15, 0.2) is 6.61 Å². The summed E-state index contributed by atoms with van der Waals surface area (Å²) in [5.41, 5.74) is 6.24. The van der Waals surface area contributed by atoms with Gasteiger partial charge in [-0.3, -0.25) is 0 Å². The van der Waals surface area contributed by atoms with Crippen LogP contribution in [0.4, 0.5) is 10.5 Å². The van der Waals surface area contributed by atoms with E-state index in [-0.39, 0.29) is 12.6 Å². The van der Waals surface area contributed by atoms with E-state index in [2.05, 4.69) is 5.32 Å². The lowest BCUT2D eigenvalue weighted by molar-refractivity contribution is -0.139. The molecule has 0 radical (unpaired) electrons. The number of urea groups is 1. The Balaban J connectivity index is 1.85. The van der Waals surface area contributed by atoms with E-state index < -0.39 is 5.97 Å². The maximum absolute atomic E-state index is 12.0. The fraction of sp³-hybridized carbons (Fsp3) is 0.429. The number of hydrogen-bond donors (Lipinski definition) is 3. The molecule has 1 aliphatic rings. The summed E-state index contributed by atoms with van der Waals surface area (Å²) in [6.07, 6.45) is 0.936. The fourth-order valence-electron chi connectivity index (χ4n) is 2.19. The zero-order valence-corrected chi connectivity index (χ0v) is 11.6. The number of carboxylic acids is 1. The highest BCUT2D eigenvalue weighted by Crippen LogP contribution is 2.19. The van der Waals surface area contributed by atoms with Crippen LogP contribution < -0.4 is 15.8 Å².